The maximum atomic E-state index is 13.8. The molecule has 3 aromatic carbocycles. The molecule has 0 spiro atoms. The number of imidazole rings is 1. The number of hydrogen-bond donors (Lipinski definition) is 2. The Balaban J connectivity index is 1.56. The molecule has 0 saturated heterocycles. The number of nitrogens with zero attached hydrogens (tertiary/aromatic N) is 6. The van der Waals surface area contributed by atoms with E-state index in [0.29, 0.717) is 10.9 Å². The highest BCUT2D eigenvalue weighted by molar-refractivity contribution is 9.10. The number of H-pyrrole nitrogens is 1. The normalized spacial score (nSPS) is 11.7. The number of rotatable bonds is 6. The smallest absolute Gasteiger partial charge is 0.332 e. The lowest BCUT2D eigenvalue weighted by molar-refractivity contribution is 0.459. The van der Waals surface area contributed by atoms with Crippen molar-refractivity contribution >= 4 is 49.6 Å². The van der Waals surface area contributed by atoms with Crippen LogP contribution in [0.25, 0.3) is 22.1 Å². The van der Waals surface area contributed by atoms with E-state index in [1.165, 1.54) is 9.13 Å². The fraction of sp³-hybridized carbons (Fsp3) is 0.107. The highest BCUT2D eigenvalue weighted by Gasteiger charge is 2.21. The van der Waals surface area contributed by atoms with Crippen molar-refractivity contribution in [1.29, 1.82) is 0 Å². The van der Waals surface area contributed by atoms with Gasteiger partial charge in [-0.1, -0.05) is 76.6 Å². The van der Waals surface area contributed by atoms with Crippen molar-refractivity contribution in [3.8, 4) is 5.88 Å². The molecule has 0 aliphatic heterocycles. The average molecular weight is 584 g/mol. The quantitative estimate of drug-likeness (QED) is 0.256. The average Bonchev–Trinajstić information content (AvgIpc) is 3.46. The lowest BCUT2D eigenvalue weighted by atomic mass is 10.2. The minimum atomic E-state index is -0.483. The summed E-state index contributed by atoms with van der Waals surface area (Å²) in [6, 6.07) is 24.4. The Kier molecular flexibility index (Phi) is 6.20. The molecule has 0 saturated carbocycles. The molecule has 6 rings (SSSR count). The van der Waals surface area contributed by atoms with E-state index in [-0.39, 0.29) is 41.8 Å². The first-order valence-electron chi connectivity index (χ1n) is 12.1. The number of hydrogen-bond acceptors (Lipinski definition) is 6. The van der Waals surface area contributed by atoms with Crippen molar-refractivity contribution in [3.63, 3.8) is 0 Å². The van der Waals surface area contributed by atoms with Crippen LogP contribution < -0.4 is 11.2 Å². The highest BCUT2D eigenvalue weighted by Crippen LogP contribution is 2.37. The summed E-state index contributed by atoms with van der Waals surface area (Å²) in [5, 5.41) is 19.8. The van der Waals surface area contributed by atoms with Crippen LogP contribution in [0, 0.1) is 0 Å². The van der Waals surface area contributed by atoms with Crippen LogP contribution in [0.4, 0.5) is 11.6 Å². The van der Waals surface area contributed by atoms with Gasteiger partial charge in [-0.05, 0) is 29.3 Å². The Labute approximate surface area is 229 Å². The molecule has 3 heterocycles. The zero-order chi connectivity index (χ0) is 27.1. The number of aryl methyl sites for hydroxylation is 1. The molecular weight excluding hydrogens is 562 g/mol. The lowest BCUT2D eigenvalue weighted by Crippen LogP contribution is -2.40. The molecule has 0 aliphatic rings. The third-order valence-corrected chi connectivity index (χ3v) is 7.03. The molecule has 39 heavy (non-hydrogen) atoms. The monoisotopic (exact) mass is 583 g/mol. The molecule has 0 bridgehead atoms. The highest BCUT2D eigenvalue weighted by atomic mass is 79.9. The van der Waals surface area contributed by atoms with E-state index in [4.69, 9.17) is 0 Å². The van der Waals surface area contributed by atoms with Crippen LogP contribution in [-0.4, -0.2) is 28.8 Å². The van der Waals surface area contributed by atoms with Gasteiger partial charge in [0, 0.05) is 16.9 Å². The topological polar surface area (TPSA) is 123 Å². The number of halogens is 1. The summed E-state index contributed by atoms with van der Waals surface area (Å²) in [4.78, 5) is 34.5. The maximum absolute atomic E-state index is 13.8. The van der Waals surface area contributed by atoms with Crippen LogP contribution in [0.5, 0.6) is 5.88 Å². The predicted molar refractivity (Wildman–Crippen MR) is 152 cm³/mol. The van der Waals surface area contributed by atoms with Gasteiger partial charge in [-0.2, -0.15) is 4.98 Å². The van der Waals surface area contributed by atoms with Crippen molar-refractivity contribution in [2.75, 3.05) is 0 Å². The Bertz CT molecular complexity index is 1990. The molecule has 2 N–H and O–H groups in total. The minimum absolute atomic E-state index is 0.119. The lowest BCUT2D eigenvalue weighted by Gasteiger charge is -2.10. The second-order valence-corrected chi connectivity index (χ2v) is 10.0. The number of benzene rings is 3. The van der Waals surface area contributed by atoms with E-state index in [1.54, 1.807) is 11.6 Å². The van der Waals surface area contributed by atoms with Gasteiger partial charge < -0.3 is 10.1 Å². The largest absolute Gasteiger partial charge is 0.493 e. The third-order valence-electron chi connectivity index (χ3n) is 6.53. The molecule has 0 unspecified atom stereocenters. The van der Waals surface area contributed by atoms with Crippen LogP contribution in [0.3, 0.4) is 0 Å². The molecular formula is C28H22BrN7O3. The molecule has 0 radical (unpaired) electrons. The summed E-state index contributed by atoms with van der Waals surface area (Å²) in [6.45, 7) is 0.392. The fourth-order valence-electron chi connectivity index (χ4n) is 4.59. The second-order valence-electron chi connectivity index (χ2n) is 9.09. The second kappa shape index (κ2) is 9.84. The predicted octanol–water partition coefficient (Wildman–Crippen LogP) is 5.36. The van der Waals surface area contributed by atoms with Crippen molar-refractivity contribution in [2.45, 2.75) is 13.1 Å². The van der Waals surface area contributed by atoms with E-state index in [2.05, 4.69) is 36.1 Å². The maximum Gasteiger partial charge on any atom is 0.332 e. The standard InChI is InChI=1S/C28H22BrN7O3/c1-34-24-23(26(38)36(28(34)39)16-18-10-6-3-7-11-18)35(15-17-8-4-2-5-9-17)27(31-24)33-32-22-20-14-19(29)12-13-21(20)30-25(22)37/h2-14,30,37H,15-16H2,1H3. The molecule has 0 aliphatic carbocycles. The molecule has 0 fully saturated rings. The van der Waals surface area contributed by atoms with E-state index in [1.807, 2.05) is 78.9 Å². The molecule has 10 nitrogen and oxygen atoms in total. The van der Waals surface area contributed by atoms with E-state index in [9.17, 15) is 14.7 Å². The summed E-state index contributed by atoms with van der Waals surface area (Å²) in [5.74, 6) is -0.0163. The van der Waals surface area contributed by atoms with Crippen LogP contribution in [0.2, 0.25) is 0 Å². The number of azo groups is 1. The Hall–Kier alpha value is -4.77. The number of aromatic nitrogens is 5. The van der Waals surface area contributed by atoms with Gasteiger partial charge in [0.25, 0.3) is 11.5 Å². The van der Waals surface area contributed by atoms with E-state index in [0.717, 1.165) is 15.6 Å². The number of aromatic hydroxyl groups is 1. The SMILES string of the molecule is Cn1c(=O)n(Cc2ccccc2)c(=O)c2c1nc(N=Nc1c(O)[nH]c3ccc(Br)cc13)n2Cc1ccccc1. The zero-order valence-electron chi connectivity index (χ0n) is 20.7. The first-order chi connectivity index (χ1) is 18.9. The summed E-state index contributed by atoms with van der Waals surface area (Å²) in [7, 11) is 1.58. The fourth-order valence-corrected chi connectivity index (χ4v) is 4.95. The summed E-state index contributed by atoms with van der Waals surface area (Å²) in [6.07, 6.45) is 0. The molecule has 3 aromatic heterocycles. The number of nitrogens with one attached hydrogen (secondary N) is 1. The van der Waals surface area contributed by atoms with Gasteiger partial charge in [0.15, 0.2) is 16.9 Å². The summed E-state index contributed by atoms with van der Waals surface area (Å²) in [5.41, 5.74) is 2.14. The zero-order valence-corrected chi connectivity index (χ0v) is 22.3. The molecule has 194 valence electrons. The minimum Gasteiger partial charge on any atom is -0.493 e. The Morgan fingerprint density at radius 3 is 2.21 bits per heavy atom. The molecule has 0 atom stereocenters. The number of fused-ring (bicyclic) bond motifs is 2. The number of aromatic amines is 1. The van der Waals surface area contributed by atoms with Gasteiger partial charge in [0.1, 0.15) is 0 Å². The van der Waals surface area contributed by atoms with Crippen molar-refractivity contribution in [2.24, 2.45) is 17.3 Å². The summed E-state index contributed by atoms with van der Waals surface area (Å²) >= 11 is 3.44. The summed E-state index contributed by atoms with van der Waals surface area (Å²) < 4.78 is 5.01. The Morgan fingerprint density at radius 1 is 0.897 bits per heavy atom. The van der Waals surface area contributed by atoms with Crippen molar-refractivity contribution in [3.05, 3.63) is 115 Å². The molecule has 0 amide bonds. The van der Waals surface area contributed by atoms with Gasteiger partial charge in [-0.25, -0.2) is 4.79 Å². The first kappa shape index (κ1) is 24.6. The van der Waals surface area contributed by atoms with Crippen LogP contribution in [0.15, 0.2) is 103 Å². The van der Waals surface area contributed by atoms with Gasteiger partial charge in [0.2, 0.25) is 5.88 Å². The van der Waals surface area contributed by atoms with Crippen LogP contribution in [0.1, 0.15) is 11.1 Å². The van der Waals surface area contributed by atoms with Crippen molar-refractivity contribution in [1.82, 2.24) is 23.7 Å². The first-order valence-corrected chi connectivity index (χ1v) is 12.9. The molecule has 11 heteroatoms. The van der Waals surface area contributed by atoms with Gasteiger partial charge >= 0.3 is 5.69 Å². The van der Waals surface area contributed by atoms with Gasteiger partial charge in [-0.15, -0.1) is 10.2 Å². The third kappa shape index (κ3) is 4.46. The van der Waals surface area contributed by atoms with Crippen LogP contribution in [-0.2, 0) is 20.1 Å². The van der Waals surface area contributed by atoms with E-state index < -0.39 is 11.2 Å². The van der Waals surface area contributed by atoms with E-state index >= 15 is 0 Å². The van der Waals surface area contributed by atoms with Gasteiger partial charge in [-0.3, -0.25) is 18.5 Å². The van der Waals surface area contributed by atoms with Gasteiger partial charge in [0.05, 0.1) is 18.6 Å². The Morgan fingerprint density at radius 2 is 1.54 bits per heavy atom. The van der Waals surface area contributed by atoms with Crippen LogP contribution >= 0.6 is 15.9 Å². The molecule has 6 aromatic rings. The van der Waals surface area contributed by atoms with Crippen molar-refractivity contribution < 1.29 is 5.11 Å².